The van der Waals surface area contributed by atoms with Crippen LogP contribution in [0.1, 0.15) is 38.8 Å². The number of aliphatic imine (C=N–C) groups is 1. The molecule has 5 nitrogen and oxygen atoms in total. The molecule has 1 aromatic rings. The molecule has 25 heavy (non-hydrogen) atoms. The SMILES string of the molecule is CCNC(=NCC(c1ccc(OC)cc1)N(C)C)NCCC(C)C.I. The minimum Gasteiger partial charge on any atom is -0.497 e. The molecule has 1 rings (SSSR count). The molecule has 1 unspecified atom stereocenters. The van der Waals surface area contributed by atoms with Crippen molar-refractivity contribution in [3.05, 3.63) is 29.8 Å². The molecule has 0 aliphatic carbocycles. The average Bonchev–Trinajstić information content (AvgIpc) is 2.55. The molecule has 0 heterocycles. The van der Waals surface area contributed by atoms with E-state index in [1.54, 1.807) is 7.11 Å². The molecule has 6 heteroatoms. The topological polar surface area (TPSA) is 48.9 Å². The second kappa shape index (κ2) is 13.2. The Balaban J connectivity index is 0.00000576. The standard InChI is InChI=1S/C19H34N4O.HI/c1-7-20-19(21-13-12-15(2)3)22-14-18(23(4)5)16-8-10-17(24-6)11-9-16;/h8-11,15,18H,7,12-14H2,1-6H3,(H2,20,21,22);1H. The number of likely N-dealkylation sites (N-methyl/N-ethyl adjacent to an activating group) is 1. The molecule has 0 bridgehead atoms. The molecule has 1 atom stereocenters. The fourth-order valence-corrected chi connectivity index (χ4v) is 2.39. The highest BCUT2D eigenvalue weighted by molar-refractivity contribution is 14.0. The van der Waals surface area contributed by atoms with Crippen LogP contribution in [-0.4, -0.2) is 51.7 Å². The first-order chi connectivity index (χ1) is 11.5. The zero-order valence-electron chi connectivity index (χ0n) is 16.5. The van der Waals surface area contributed by atoms with Crippen LogP contribution in [0.15, 0.2) is 29.3 Å². The van der Waals surface area contributed by atoms with Crippen molar-refractivity contribution in [1.82, 2.24) is 15.5 Å². The van der Waals surface area contributed by atoms with Crippen molar-refractivity contribution in [1.29, 1.82) is 0 Å². The molecule has 0 aliphatic heterocycles. The summed E-state index contributed by atoms with van der Waals surface area (Å²) in [6.45, 7) is 9.07. The summed E-state index contributed by atoms with van der Waals surface area (Å²) in [5, 5.41) is 6.74. The van der Waals surface area contributed by atoms with Gasteiger partial charge < -0.3 is 20.3 Å². The third-order valence-corrected chi connectivity index (χ3v) is 3.90. The van der Waals surface area contributed by atoms with E-state index in [1.165, 1.54) is 5.56 Å². The van der Waals surface area contributed by atoms with Gasteiger partial charge in [-0.05, 0) is 51.1 Å². The molecule has 2 N–H and O–H groups in total. The van der Waals surface area contributed by atoms with Crippen molar-refractivity contribution in [2.45, 2.75) is 33.2 Å². The molecule has 0 saturated heterocycles. The molecule has 0 saturated carbocycles. The lowest BCUT2D eigenvalue weighted by Gasteiger charge is -2.24. The van der Waals surface area contributed by atoms with Crippen LogP contribution in [0.4, 0.5) is 0 Å². The highest BCUT2D eigenvalue weighted by atomic mass is 127. The van der Waals surface area contributed by atoms with Gasteiger partial charge in [-0.3, -0.25) is 4.99 Å². The highest BCUT2D eigenvalue weighted by Crippen LogP contribution is 2.21. The number of ether oxygens (including phenoxy) is 1. The Morgan fingerprint density at radius 1 is 1.16 bits per heavy atom. The lowest BCUT2D eigenvalue weighted by molar-refractivity contribution is 0.306. The smallest absolute Gasteiger partial charge is 0.191 e. The molecule has 0 radical (unpaired) electrons. The molecule has 0 fully saturated rings. The molecular weight excluding hydrogens is 427 g/mol. The number of guanidine groups is 1. The maximum Gasteiger partial charge on any atom is 0.191 e. The van der Waals surface area contributed by atoms with Gasteiger partial charge in [-0.15, -0.1) is 24.0 Å². The van der Waals surface area contributed by atoms with Crippen LogP contribution in [0.3, 0.4) is 0 Å². The van der Waals surface area contributed by atoms with E-state index in [1.807, 2.05) is 12.1 Å². The number of methoxy groups -OCH3 is 1. The summed E-state index contributed by atoms with van der Waals surface area (Å²) in [4.78, 5) is 6.97. The fraction of sp³-hybridized carbons (Fsp3) is 0.632. The van der Waals surface area contributed by atoms with Gasteiger partial charge in [0.25, 0.3) is 0 Å². The molecule has 1 aromatic carbocycles. The van der Waals surface area contributed by atoms with Gasteiger partial charge >= 0.3 is 0 Å². The molecule has 0 aromatic heterocycles. The van der Waals surface area contributed by atoms with Gasteiger partial charge in [-0.1, -0.05) is 26.0 Å². The van der Waals surface area contributed by atoms with Crippen molar-refractivity contribution in [2.24, 2.45) is 10.9 Å². The second-order valence-electron chi connectivity index (χ2n) is 6.58. The molecular formula is C19H35IN4O. The van der Waals surface area contributed by atoms with Crippen molar-refractivity contribution in [2.75, 3.05) is 40.8 Å². The summed E-state index contributed by atoms with van der Waals surface area (Å²) in [5.41, 5.74) is 1.24. The Morgan fingerprint density at radius 3 is 2.28 bits per heavy atom. The predicted octanol–water partition coefficient (Wildman–Crippen LogP) is 3.52. The van der Waals surface area contributed by atoms with Crippen LogP contribution >= 0.6 is 24.0 Å². The minimum atomic E-state index is 0. The zero-order chi connectivity index (χ0) is 17.9. The van der Waals surface area contributed by atoms with Crippen molar-refractivity contribution in [3.63, 3.8) is 0 Å². The third-order valence-electron chi connectivity index (χ3n) is 3.90. The van der Waals surface area contributed by atoms with Gasteiger partial charge in [0.2, 0.25) is 0 Å². The molecule has 0 spiro atoms. The van der Waals surface area contributed by atoms with E-state index in [2.05, 4.69) is 62.5 Å². The van der Waals surface area contributed by atoms with E-state index in [4.69, 9.17) is 9.73 Å². The number of hydrogen-bond acceptors (Lipinski definition) is 3. The summed E-state index contributed by atoms with van der Waals surface area (Å²) in [7, 11) is 5.86. The number of halogens is 1. The predicted molar refractivity (Wildman–Crippen MR) is 118 cm³/mol. The summed E-state index contributed by atoms with van der Waals surface area (Å²) in [6, 6.07) is 8.45. The third kappa shape index (κ3) is 9.30. The number of benzene rings is 1. The van der Waals surface area contributed by atoms with Crippen LogP contribution < -0.4 is 15.4 Å². The van der Waals surface area contributed by atoms with Gasteiger partial charge in [-0.2, -0.15) is 0 Å². The highest BCUT2D eigenvalue weighted by Gasteiger charge is 2.14. The number of rotatable bonds is 9. The molecule has 0 amide bonds. The Labute approximate surface area is 170 Å². The van der Waals surface area contributed by atoms with Crippen LogP contribution in [0.5, 0.6) is 5.75 Å². The van der Waals surface area contributed by atoms with E-state index < -0.39 is 0 Å². The fourth-order valence-electron chi connectivity index (χ4n) is 2.39. The molecule has 144 valence electrons. The average molecular weight is 462 g/mol. The van der Waals surface area contributed by atoms with E-state index in [-0.39, 0.29) is 30.0 Å². The Kier molecular flexibility index (Phi) is 12.7. The quantitative estimate of drug-likeness (QED) is 0.335. The summed E-state index contributed by atoms with van der Waals surface area (Å²) in [5.74, 6) is 2.45. The monoisotopic (exact) mass is 462 g/mol. The lowest BCUT2D eigenvalue weighted by Crippen LogP contribution is -2.38. The largest absolute Gasteiger partial charge is 0.497 e. The van der Waals surface area contributed by atoms with Gasteiger partial charge in [0.15, 0.2) is 5.96 Å². The Hall–Kier alpha value is -1.02. The summed E-state index contributed by atoms with van der Waals surface area (Å²) >= 11 is 0. The van der Waals surface area contributed by atoms with Crippen LogP contribution in [0.2, 0.25) is 0 Å². The van der Waals surface area contributed by atoms with Crippen molar-refractivity contribution in [3.8, 4) is 5.75 Å². The summed E-state index contributed by atoms with van der Waals surface area (Å²) in [6.07, 6.45) is 1.14. The van der Waals surface area contributed by atoms with Crippen LogP contribution in [0.25, 0.3) is 0 Å². The van der Waals surface area contributed by atoms with E-state index in [0.29, 0.717) is 12.5 Å². The maximum atomic E-state index is 5.24. The van der Waals surface area contributed by atoms with Crippen LogP contribution in [0, 0.1) is 5.92 Å². The molecule has 0 aliphatic rings. The maximum absolute atomic E-state index is 5.24. The number of nitrogens with zero attached hydrogens (tertiary/aromatic N) is 2. The first-order valence-corrected chi connectivity index (χ1v) is 8.80. The first-order valence-electron chi connectivity index (χ1n) is 8.80. The normalized spacial score (nSPS) is 12.7. The zero-order valence-corrected chi connectivity index (χ0v) is 18.8. The van der Waals surface area contributed by atoms with E-state index in [9.17, 15) is 0 Å². The Bertz CT molecular complexity index is 489. The van der Waals surface area contributed by atoms with Crippen molar-refractivity contribution < 1.29 is 4.74 Å². The van der Waals surface area contributed by atoms with E-state index >= 15 is 0 Å². The Morgan fingerprint density at radius 2 is 1.80 bits per heavy atom. The number of hydrogen-bond donors (Lipinski definition) is 2. The minimum absolute atomic E-state index is 0. The van der Waals surface area contributed by atoms with E-state index in [0.717, 1.165) is 31.2 Å². The van der Waals surface area contributed by atoms with Crippen molar-refractivity contribution >= 4 is 29.9 Å². The first kappa shape index (κ1) is 24.0. The van der Waals surface area contributed by atoms with Gasteiger partial charge in [-0.25, -0.2) is 0 Å². The van der Waals surface area contributed by atoms with Gasteiger partial charge in [0, 0.05) is 13.1 Å². The second-order valence-corrected chi connectivity index (χ2v) is 6.58. The van der Waals surface area contributed by atoms with Gasteiger partial charge in [0.1, 0.15) is 5.75 Å². The lowest BCUT2D eigenvalue weighted by atomic mass is 10.1. The summed E-state index contributed by atoms with van der Waals surface area (Å²) < 4.78 is 5.24. The van der Waals surface area contributed by atoms with Gasteiger partial charge in [0.05, 0.1) is 19.7 Å². The number of nitrogens with one attached hydrogen (secondary N) is 2. The van der Waals surface area contributed by atoms with Crippen LogP contribution in [-0.2, 0) is 0 Å².